The van der Waals surface area contributed by atoms with Crippen molar-refractivity contribution in [1.29, 1.82) is 0 Å². The molecule has 1 aromatic carbocycles. The predicted molar refractivity (Wildman–Crippen MR) is 112 cm³/mol. The Morgan fingerprint density at radius 1 is 1.00 bits per heavy atom. The number of hydrogen-bond acceptors (Lipinski definition) is 0. The fraction of sp³-hybridized carbons (Fsp3) is 0.760. The van der Waals surface area contributed by atoms with Gasteiger partial charge in [-0.2, -0.15) is 0 Å². The summed E-state index contributed by atoms with van der Waals surface area (Å²) in [6.07, 6.45) is 17.0. The minimum atomic E-state index is 0.557. The first-order valence-electron chi connectivity index (χ1n) is 11.2. The maximum atomic E-state index is 2.45. The number of benzene rings is 1. The normalized spacial score (nSPS) is 25.5. The first-order chi connectivity index (χ1) is 12.2. The SMILES string of the molecule is CCCCC(c1ccccc1C)C1(CCCC)CCCC(CC)CC1. The summed E-state index contributed by atoms with van der Waals surface area (Å²) in [5.41, 5.74) is 3.75. The van der Waals surface area contributed by atoms with Gasteiger partial charge in [0.15, 0.2) is 0 Å². The summed E-state index contributed by atoms with van der Waals surface area (Å²) in [5.74, 6) is 1.75. The van der Waals surface area contributed by atoms with Gasteiger partial charge in [0, 0.05) is 0 Å². The molecule has 0 amide bonds. The van der Waals surface area contributed by atoms with E-state index >= 15 is 0 Å². The molecule has 0 aromatic heterocycles. The van der Waals surface area contributed by atoms with Crippen molar-refractivity contribution in [3.05, 3.63) is 35.4 Å². The molecule has 1 fully saturated rings. The van der Waals surface area contributed by atoms with Gasteiger partial charge in [0.1, 0.15) is 0 Å². The van der Waals surface area contributed by atoms with Crippen LogP contribution in [0.1, 0.15) is 115 Å². The predicted octanol–water partition coefficient (Wildman–Crippen LogP) is 8.44. The van der Waals surface area contributed by atoms with Crippen molar-refractivity contribution in [2.75, 3.05) is 0 Å². The van der Waals surface area contributed by atoms with Crippen LogP contribution in [-0.2, 0) is 0 Å². The van der Waals surface area contributed by atoms with Gasteiger partial charge in [-0.1, -0.05) is 90.0 Å². The van der Waals surface area contributed by atoms with Gasteiger partial charge in [-0.25, -0.2) is 0 Å². The summed E-state index contributed by atoms with van der Waals surface area (Å²) in [4.78, 5) is 0. The average Bonchev–Trinajstić information content (AvgIpc) is 2.85. The van der Waals surface area contributed by atoms with Crippen molar-refractivity contribution in [3.63, 3.8) is 0 Å². The highest BCUT2D eigenvalue weighted by atomic mass is 14.4. The Morgan fingerprint density at radius 2 is 1.76 bits per heavy atom. The van der Waals surface area contributed by atoms with Gasteiger partial charge < -0.3 is 0 Å². The maximum absolute atomic E-state index is 2.45. The summed E-state index contributed by atoms with van der Waals surface area (Å²) in [5, 5.41) is 0. The fourth-order valence-electron chi connectivity index (χ4n) is 5.39. The van der Waals surface area contributed by atoms with E-state index in [-0.39, 0.29) is 0 Å². The molecule has 1 aliphatic carbocycles. The van der Waals surface area contributed by atoms with E-state index in [9.17, 15) is 0 Å². The summed E-state index contributed by atoms with van der Waals surface area (Å²) >= 11 is 0. The summed E-state index contributed by atoms with van der Waals surface area (Å²) in [6, 6.07) is 9.29. The lowest BCUT2D eigenvalue weighted by molar-refractivity contribution is 0.151. The Balaban J connectivity index is 2.36. The molecular weight excluding hydrogens is 300 g/mol. The van der Waals surface area contributed by atoms with E-state index in [0.717, 1.165) is 11.8 Å². The van der Waals surface area contributed by atoms with Crippen LogP contribution in [0.5, 0.6) is 0 Å². The van der Waals surface area contributed by atoms with Gasteiger partial charge >= 0.3 is 0 Å². The van der Waals surface area contributed by atoms with Crippen LogP contribution in [0.2, 0.25) is 0 Å². The quantitative estimate of drug-likeness (QED) is 0.395. The minimum Gasteiger partial charge on any atom is -0.0654 e. The third-order valence-electron chi connectivity index (χ3n) is 7.09. The summed E-state index contributed by atoms with van der Waals surface area (Å²) in [7, 11) is 0. The van der Waals surface area contributed by atoms with Crippen LogP contribution in [0.15, 0.2) is 24.3 Å². The van der Waals surface area contributed by atoms with E-state index in [1.54, 1.807) is 5.56 Å². The van der Waals surface area contributed by atoms with Gasteiger partial charge in [-0.15, -0.1) is 0 Å². The van der Waals surface area contributed by atoms with Crippen molar-refractivity contribution < 1.29 is 0 Å². The Kier molecular flexibility index (Phi) is 8.53. The molecule has 0 heteroatoms. The number of unbranched alkanes of at least 4 members (excludes halogenated alkanes) is 2. The number of hydrogen-bond donors (Lipinski definition) is 0. The number of aryl methyl sites for hydroxylation is 1. The molecule has 142 valence electrons. The van der Waals surface area contributed by atoms with Crippen LogP contribution in [0.25, 0.3) is 0 Å². The van der Waals surface area contributed by atoms with Crippen LogP contribution in [0.3, 0.4) is 0 Å². The van der Waals surface area contributed by atoms with Crippen LogP contribution < -0.4 is 0 Å². The summed E-state index contributed by atoms with van der Waals surface area (Å²) < 4.78 is 0. The Bertz CT molecular complexity index is 489. The highest BCUT2D eigenvalue weighted by Gasteiger charge is 2.40. The van der Waals surface area contributed by atoms with Crippen molar-refractivity contribution >= 4 is 0 Å². The molecule has 0 saturated heterocycles. The van der Waals surface area contributed by atoms with Crippen molar-refractivity contribution in [3.8, 4) is 0 Å². The topological polar surface area (TPSA) is 0 Å². The van der Waals surface area contributed by atoms with Crippen LogP contribution in [0, 0.1) is 18.3 Å². The molecule has 0 heterocycles. The van der Waals surface area contributed by atoms with Gasteiger partial charge in [-0.3, -0.25) is 0 Å². The molecule has 25 heavy (non-hydrogen) atoms. The van der Waals surface area contributed by atoms with Crippen LogP contribution in [-0.4, -0.2) is 0 Å². The van der Waals surface area contributed by atoms with E-state index in [4.69, 9.17) is 0 Å². The molecule has 1 saturated carbocycles. The lowest BCUT2D eigenvalue weighted by atomic mass is 9.62. The zero-order chi connectivity index (χ0) is 18.1. The van der Waals surface area contributed by atoms with Gasteiger partial charge in [0.25, 0.3) is 0 Å². The third kappa shape index (κ3) is 5.35. The molecular formula is C25H42. The Hall–Kier alpha value is -0.780. The third-order valence-corrected chi connectivity index (χ3v) is 7.09. The van der Waals surface area contributed by atoms with Crippen LogP contribution in [0.4, 0.5) is 0 Å². The largest absolute Gasteiger partial charge is 0.0654 e. The Morgan fingerprint density at radius 3 is 2.44 bits per heavy atom. The molecule has 0 radical (unpaired) electrons. The van der Waals surface area contributed by atoms with Crippen LogP contribution >= 0.6 is 0 Å². The molecule has 1 aliphatic rings. The number of rotatable bonds is 9. The first kappa shape index (κ1) is 20.5. The molecule has 0 aliphatic heterocycles. The maximum Gasteiger partial charge on any atom is -0.0103 e. The molecule has 0 bridgehead atoms. The van der Waals surface area contributed by atoms with E-state index in [1.165, 1.54) is 82.6 Å². The average molecular weight is 343 g/mol. The molecule has 3 unspecified atom stereocenters. The van der Waals surface area contributed by atoms with Gasteiger partial charge in [0.2, 0.25) is 0 Å². The second-order valence-electron chi connectivity index (χ2n) is 8.72. The highest BCUT2D eigenvalue weighted by molar-refractivity contribution is 5.31. The second kappa shape index (κ2) is 10.4. The van der Waals surface area contributed by atoms with E-state index in [0.29, 0.717) is 5.41 Å². The highest BCUT2D eigenvalue weighted by Crippen LogP contribution is 2.53. The molecule has 1 aromatic rings. The molecule has 3 atom stereocenters. The van der Waals surface area contributed by atoms with E-state index < -0.39 is 0 Å². The molecule has 0 spiro atoms. The van der Waals surface area contributed by atoms with Crippen molar-refractivity contribution in [2.24, 2.45) is 11.3 Å². The zero-order valence-electron chi connectivity index (χ0n) is 17.4. The second-order valence-corrected chi connectivity index (χ2v) is 8.72. The van der Waals surface area contributed by atoms with Crippen molar-refractivity contribution in [2.45, 2.75) is 111 Å². The van der Waals surface area contributed by atoms with Crippen molar-refractivity contribution in [1.82, 2.24) is 0 Å². The first-order valence-corrected chi connectivity index (χ1v) is 11.2. The minimum absolute atomic E-state index is 0.557. The zero-order valence-corrected chi connectivity index (χ0v) is 17.4. The fourth-order valence-corrected chi connectivity index (χ4v) is 5.39. The lowest BCUT2D eigenvalue weighted by Gasteiger charge is -2.42. The van der Waals surface area contributed by atoms with E-state index in [1.807, 2.05) is 0 Å². The molecule has 2 rings (SSSR count). The summed E-state index contributed by atoms with van der Waals surface area (Å²) in [6.45, 7) is 9.47. The van der Waals surface area contributed by atoms with E-state index in [2.05, 4.69) is 52.0 Å². The Labute approximate surface area is 157 Å². The smallest absolute Gasteiger partial charge is 0.0103 e. The lowest BCUT2D eigenvalue weighted by Crippen LogP contribution is -2.30. The monoisotopic (exact) mass is 342 g/mol. The molecule has 0 nitrogen and oxygen atoms in total. The van der Waals surface area contributed by atoms with Gasteiger partial charge in [0.05, 0.1) is 0 Å². The van der Waals surface area contributed by atoms with Gasteiger partial charge in [-0.05, 0) is 67.4 Å². The molecule has 0 N–H and O–H groups in total. The standard InChI is InChI=1S/C25H42/c1-5-8-16-24(23-15-11-10-13-21(23)4)25(18-9-6-2)19-12-14-22(7-3)17-20-25/h10-11,13,15,22,24H,5-9,12,14,16-20H2,1-4H3.